The monoisotopic (exact) mass is 378 g/mol. The summed E-state index contributed by atoms with van der Waals surface area (Å²) in [6.45, 7) is 3.21. The average molecular weight is 378 g/mol. The molecule has 0 unspecified atom stereocenters. The van der Waals surface area contributed by atoms with Crippen LogP contribution in [0.5, 0.6) is 0 Å². The van der Waals surface area contributed by atoms with Gasteiger partial charge in [-0.05, 0) is 55.9 Å². The number of aromatic carboxylic acids is 1. The number of carbonyl (C=O) groups excluding carboxylic acids is 1. The van der Waals surface area contributed by atoms with E-state index in [0.29, 0.717) is 30.1 Å². The van der Waals surface area contributed by atoms with Crippen LogP contribution in [0.15, 0.2) is 42.6 Å². The topological polar surface area (TPSA) is 87.8 Å². The van der Waals surface area contributed by atoms with Gasteiger partial charge in [0.2, 0.25) is 0 Å². The van der Waals surface area contributed by atoms with Crippen LogP contribution in [0.25, 0.3) is 5.65 Å². The van der Waals surface area contributed by atoms with Crippen molar-refractivity contribution in [1.29, 1.82) is 0 Å². The number of aryl methyl sites for hydroxylation is 1. The lowest BCUT2D eigenvalue weighted by molar-refractivity contribution is 0.0690. The van der Waals surface area contributed by atoms with Crippen LogP contribution in [0.1, 0.15) is 44.9 Å². The Bertz CT molecular complexity index is 1040. The van der Waals surface area contributed by atoms with E-state index in [2.05, 4.69) is 10.2 Å². The number of amides is 1. The number of hydrogen-bond acceptors (Lipinski definition) is 4. The van der Waals surface area contributed by atoms with Crippen LogP contribution >= 0.6 is 0 Å². The predicted molar refractivity (Wildman–Crippen MR) is 103 cm³/mol. The van der Waals surface area contributed by atoms with E-state index in [1.54, 1.807) is 24.4 Å². The number of carboxylic acid groups (broad SMARTS) is 1. The standard InChI is InChI=1S/C21H22N4O3/c1-14-22-23-19-7-6-17(13-25(14)19)20(26)24-10-8-15(9-11-24)12-16-4-2-3-5-18(16)21(27)28/h2-7,13,15H,8-12H2,1H3,(H,27,28). The Labute approximate surface area is 162 Å². The highest BCUT2D eigenvalue weighted by atomic mass is 16.4. The second kappa shape index (κ2) is 7.42. The number of likely N-dealkylation sites (tertiary alicyclic amines) is 1. The highest BCUT2D eigenvalue weighted by Gasteiger charge is 2.25. The molecule has 28 heavy (non-hydrogen) atoms. The van der Waals surface area contributed by atoms with Crippen molar-refractivity contribution < 1.29 is 14.7 Å². The lowest BCUT2D eigenvalue weighted by Crippen LogP contribution is -2.39. The predicted octanol–water partition coefficient (Wildman–Crippen LogP) is 2.83. The fourth-order valence-corrected chi connectivity index (χ4v) is 3.87. The normalized spacial score (nSPS) is 15.1. The molecular formula is C21H22N4O3. The molecule has 3 heterocycles. The average Bonchev–Trinajstić information content (AvgIpc) is 3.08. The summed E-state index contributed by atoms with van der Waals surface area (Å²) >= 11 is 0. The number of nitrogens with zero attached hydrogens (tertiary/aromatic N) is 4. The van der Waals surface area contributed by atoms with Gasteiger partial charge in [-0.3, -0.25) is 9.20 Å². The lowest BCUT2D eigenvalue weighted by Gasteiger charge is -2.32. The molecule has 7 nitrogen and oxygen atoms in total. The van der Waals surface area contributed by atoms with E-state index in [9.17, 15) is 14.7 Å². The summed E-state index contributed by atoms with van der Waals surface area (Å²) in [5, 5.41) is 17.4. The Balaban J connectivity index is 1.41. The minimum atomic E-state index is -0.886. The van der Waals surface area contributed by atoms with Gasteiger partial charge in [0.15, 0.2) is 5.65 Å². The summed E-state index contributed by atoms with van der Waals surface area (Å²) in [6.07, 6.45) is 4.26. The molecule has 1 saturated heterocycles. The third kappa shape index (κ3) is 3.47. The number of aromatic nitrogens is 3. The van der Waals surface area contributed by atoms with Gasteiger partial charge >= 0.3 is 5.97 Å². The van der Waals surface area contributed by atoms with E-state index in [1.165, 1.54) is 0 Å². The van der Waals surface area contributed by atoms with E-state index in [0.717, 1.165) is 36.3 Å². The summed E-state index contributed by atoms with van der Waals surface area (Å²) in [7, 11) is 0. The van der Waals surface area contributed by atoms with Gasteiger partial charge in [0.25, 0.3) is 5.91 Å². The molecule has 0 saturated carbocycles. The molecule has 3 aromatic rings. The maximum atomic E-state index is 12.9. The number of rotatable bonds is 4. The summed E-state index contributed by atoms with van der Waals surface area (Å²) < 4.78 is 1.82. The quantitative estimate of drug-likeness (QED) is 0.754. The Morgan fingerprint density at radius 2 is 1.86 bits per heavy atom. The number of benzene rings is 1. The number of carboxylic acids is 1. The highest BCUT2D eigenvalue weighted by Crippen LogP contribution is 2.24. The Morgan fingerprint density at radius 3 is 2.61 bits per heavy atom. The first-order valence-corrected chi connectivity index (χ1v) is 9.45. The summed E-state index contributed by atoms with van der Waals surface area (Å²) in [6, 6.07) is 10.8. The summed E-state index contributed by atoms with van der Waals surface area (Å²) in [5.41, 5.74) is 2.60. The van der Waals surface area contributed by atoms with Gasteiger partial charge in [0.05, 0.1) is 11.1 Å². The van der Waals surface area contributed by atoms with E-state index >= 15 is 0 Å². The molecule has 144 valence electrons. The number of hydrogen-bond donors (Lipinski definition) is 1. The molecule has 1 aromatic carbocycles. The number of fused-ring (bicyclic) bond motifs is 1. The molecule has 0 radical (unpaired) electrons. The van der Waals surface area contributed by atoms with Crippen molar-refractivity contribution in [3.8, 4) is 0 Å². The molecule has 1 N–H and O–H groups in total. The van der Waals surface area contributed by atoms with E-state index in [1.807, 2.05) is 34.4 Å². The summed E-state index contributed by atoms with van der Waals surface area (Å²) in [5.74, 6) is 0.259. The Hall–Kier alpha value is -3.22. The first-order chi connectivity index (χ1) is 13.5. The minimum Gasteiger partial charge on any atom is -0.478 e. The van der Waals surface area contributed by atoms with Crippen LogP contribution in [0.2, 0.25) is 0 Å². The smallest absolute Gasteiger partial charge is 0.335 e. The van der Waals surface area contributed by atoms with Crippen LogP contribution < -0.4 is 0 Å². The molecular weight excluding hydrogens is 356 g/mol. The fraction of sp³-hybridized carbons (Fsp3) is 0.333. The molecule has 0 spiro atoms. The van der Waals surface area contributed by atoms with Gasteiger partial charge in [-0.15, -0.1) is 10.2 Å². The molecule has 1 aliphatic heterocycles. The van der Waals surface area contributed by atoms with Crippen LogP contribution in [0.4, 0.5) is 0 Å². The first kappa shape index (κ1) is 18.2. The van der Waals surface area contributed by atoms with Crippen molar-refractivity contribution in [2.24, 2.45) is 5.92 Å². The van der Waals surface area contributed by atoms with Crippen molar-refractivity contribution in [2.45, 2.75) is 26.2 Å². The second-order valence-corrected chi connectivity index (χ2v) is 7.30. The number of piperidine rings is 1. The van der Waals surface area contributed by atoms with Gasteiger partial charge in [-0.1, -0.05) is 18.2 Å². The molecule has 0 bridgehead atoms. The van der Waals surface area contributed by atoms with E-state index in [-0.39, 0.29) is 5.91 Å². The first-order valence-electron chi connectivity index (χ1n) is 9.45. The van der Waals surface area contributed by atoms with Crippen molar-refractivity contribution in [3.05, 3.63) is 65.1 Å². The second-order valence-electron chi connectivity index (χ2n) is 7.30. The molecule has 1 amide bonds. The molecule has 7 heteroatoms. The zero-order valence-corrected chi connectivity index (χ0v) is 15.7. The zero-order valence-electron chi connectivity index (χ0n) is 15.7. The molecule has 1 aliphatic rings. The van der Waals surface area contributed by atoms with E-state index in [4.69, 9.17) is 0 Å². The molecule has 4 rings (SSSR count). The van der Waals surface area contributed by atoms with Crippen LogP contribution in [-0.4, -0.2) is 49.6 Å². The lowest BCUT2D eigenvalue weighted by atomic mass is 9.88. The Kier molecular flexibility index (Phi) is 4.81. The maximum Gasteiger partial charge on any atom is 0.335 e. The van der Waals surface area contributed by atoms with Gasteiger partial charge < -0.3 is 10.0 Å². The van der Waals surface area contributed by atoms with Crippen molar-refractivity contribution in [3.63, 3.8) is 0 Å². The van der Waals surface area contributed by atoms with Gasteiger partial charge in [0, 0.05) is 19.3 Å². The summed E-state index contributed by atoms with van der Waals surface area (Å²) in [4.78, 5) is 26.2. The van der Waals surface area contributed by atoms with Crippen LogP contribution in [0, 0.1) is 12.8 Å². The minimum absolute atomic E-state index is 0.0133. The van der Waals surface area contributed by atoms with Gasteiger partial charge in [-0.25, -0.2) is 4.79 Å². The third-order valence-corrected chi connectivity index (χ3v) is 5.48. The Morgan fingerprint density at radius 1 is 1.11 bits per heavy atom. The molecule has 2 aromatic heterocycles. The SMILES string of the molecule is Cc1nnc2ccc(C(=O)N3CCC(Cc4ccccc4C(=O)O)CC3)cn12. The molecule has 0 aliphatic carbocycles. The van der Waals surface area contributed by atoms with Crippen LogP contribution in [-0.2, 0) is 6.42 Å². The van der Waals surface area contributed by atoms with E-state index < -0.39 is 5.97 Å². The van der Waals surface area contributed by atoms with Gasteiger partial charge in [-0.2, -0.15) is 0 Å². The van der Waals surface area contributed by atoms with Gasteiger partial charge in [0.1, 0.15) is 5.82 Å². The number of carbonyl (C=O) groups is 2. The van der Waals surface area contributed by atoms with Crippen molar-refractivity contribution in [2.75, 3.05) is 13.1 Å². The fourth-order valence-electron chi connectivity index (χ4n) is 3.87. The molecule has 0 atom stereocenters. The van der Waals surface area contributed by atoms with Crippen molar-refractivity contribution >= 4 is 17.5 Å². The number of pyridine rings is 1. The van der Waals surface area contributed by atoms with Crippen LogP contribution in [0.3, 0.4) is 0 Å². The maximum absolute atomic E-state index is 12.9. The molecule has 1 fully saturated rings. The highest BCUT2D eigenvalue weighted by molar-refractivity contribution is 5.94. The van der Waals surface area contributed by atoms with Crippen molar-refractivity contribution in [1.82, 2.24) is 19.5 Å². The third-order valence-electron chi connectivity index (χ3n) is 5.48. The largest absolute Gasteiger partial charge is 0.478 e. The zero-order chi connectivity index (χ0) is 19.7.